The SMILES string of the molecule is C=C(C(=O)OCCCCC)C([SiH3])(CCCCC)C(=O)O. The average molecular weight is 300 g/mol. The quantitative estimate of drug-likeness (QED) is 0.275. The van der Waals surface area contributed by atoms with E-state index in [9.17, 15) is 14.7 Å². The molecule has 0 aromatic rings. The molecular formula is C15H28O4Si. The summed E-state index contributed by atoms with van der Waals surface area (Å²) in [4.78, 5) is 23.4. The Morgan fingerprint density at radius 1 is 1.15 bits per heavy atom. The molecule has 1 atom stereocenters. The van der Waals surface area contributed by atoms with Gasteiger partial charge in [-0.05, 0) is 12.8 Å². The summed E-state index contributed by atoms with van der Waals surface area (Å²) in [6.07, 6.45) is 6.13. The molecule has 0 bridgehead atoms. The molecule has 20 heavy (non-hydrogen) atoms. The van der Waals surface area contributed by atoms with E-state index in [2.05, 4.69) is 20.4 Å². The van der Waals surface area contributed by atoms with E-state index < -0.39 is 17.0 Å². The lowest BCUT2D eigenvalue weighted by molar-refractivity contribution is -0.145. The molecule has 1 unspecified atom stereocenters. The molecule has 0 aromatic carbocycles. The molecule has 0 saturated carbocycles. The van der Waals surface area contributed by atoms with Gasteiger partial charge in [-0.15, -0.1) is 0 Å². The smallest absolute Gasteiger partial charge is 0.334 e. The Hall–Kier alpha value is -1.10. The first-order valence-corrected chi connectivity index (χ1v) is 8.50. The molecule has 0 amide bonds. The molecule has 0 radical (unpaired) electrons. The fourth-order valence-electron chi connectivity index (χ4n) is 1.94. The summed E-state index contributed by atoms with van der Waals surface area (Å²) in [5.74, 6) is -1.49. The maximum absolute atomic E-state index is 11.9. The van der Waals surface area contributed by atoms with E-state index >= 15 is 0 Å². The van der Waals surface area contributed by atoms with Gasteiger partial charge in [0.25, 0.3) is 0 Å². The number of rotatable bonds is 11. The van der Waals surface area contributed by atoms with Crippen LogP contribution in [0.1, 0.15) is 58.8 Å². The second kappa shape index (κ2) is 9.75. The van der Waals surface area contributed by atoms with Crippen molar-refractivity contribution in [1.29, 1.82) is 0 Å². The first-order valence-electron chi connectivity index (χ1n) is 7.50. The van der Waals surface area contributed by atoms with E-state index in [-0.39, 0.29) is 5.57 Å². The molecule has 0 spiro atoms. The Bertz CT molecular complexity index is 341. The lowest BCUT2D eigenvalue weighted by Crippen LogP contribution is -2.30. The van der Waals surface area contributed by atoms with Crippen LogP contribution in [0.4, 0.5) is 0 Å². The van der Waals surface area contributed by atoms with Crippen LogP contribution >= 0.6 is 0 Å². The van der Waals surface area contributed by atoms with E-state index in [1.54, 1.807) is 0 Å². The van der Waals surface area contributed by atoms with Gasteiger partial charge in [0.1, 0.15) is 0 Å². The van der Waals surface area contributed by atoms with Gasteiger partial charge in [-0.3, -0.25) is 4.79 Å². The Balaban J connectivity index is 4.54. The van der Waals surface area contributed by atoms with Gasteiger partial charge in [-0.25, -0.2) is 4.79 Å². The molecule has 5 heteroatoms. The van der Waals surface area contributed by atoms with Crippen molar-refractivity contribution >= 4 is 22.2 Å². The number of carbonyl (C=O) groups is 2. The van der Waals surface area contributed by atoms with Gasteiger partial charge in [0.2, 0.25) is 0 Å². The minimum absolute atomic E-state index is 0.115. The van der Waals surface area contributed by atoms with Gasteiger partial charge in [0.15, 0.2) is 0 Å². The lowest BCUT2D eigenvalue weighted by Gasteiger charge is -2.26. The average Bonchev–Trinajstić information content (AvgIpc) is 2.42. The second-order valence-corrected chi connectivity index (χ2v) is 7.12. The Morgan fingerprint density at radius 2 is 1.70 bits per heavy atom. The third-order valence-electron chi connectivity index (χ3n) is 3.65. The minimum atomic E-state index is -1.09. The van der Waals surface area contributed by atoms with Crippen molar-refractivity contribution in [3.8, 4) is 0 Å². The zero-order valence-corrected chi connectivity index (χ0v) is 15.0. The Morgan fingerprint density at radius 3 is 2.20 bits per heavy atom. The van der Waals surface area contributed by atoms with Crippen LogP contribution in [0.3, 0.4) is 0 Å². The number of hydrogen-bond acceptors (Lipinski definition) is 3. The number of unbranched alkanes of at least 4 members (excludes halogenated alkanes) is 4. The second-order valence-electron chi connectivity index (χ2n) is 5.42. The summed E-state index contributed by atoms with van der Waals surface area (Å²) in [7, 11) is 0.362. The third-order valence-corrected chi connectivity index (χ3v) is 5.18. The van der Waals surface area contributed by atoms with Crippen LogP contribution in [-0.2, 0) is 14.3 Å². The molecular weight excluding hydrogens is 272 g/mol. The highest BCUT2D eigenvalue weighted by molar-refractivity contribution is 6.32. The molecule has 0 aliphatic carbocycles. The van der Waals surface area contributed by atoms with Crippen LogP contribution < -0.4 is 0 Å². The van der Waals surface area contributed by atoms with Gasteiger partial charge in [-0.2, -0.15) is 0 Å². The summed E-state index contributed by atoms with van der Waals surface area (Å²) < 4.78 is 5.13. The monoisotopic (exact) mass is 300 g/mol. The van der Waals surface area contributed by atoms with Crippen molar-refractivity contribution in [3.05, 3.63) is 12.2 Å². The normalized spacial score (nSPS) is 13.7. The Labute approximate surface area is 125 Å². The van der Waals surface area contributed by atoms with Crippen molar-refractivity contribution < 1.29 is 19.4 Å². The highest BCUT2D eigenvalue weighted by atomic mass is 28.1. The number of carbonyl (C=O) groups excluding carboxylic acids is 1. The summed E-state index contributed by atoms with van der Waals surface area (Å²) in [5.41, 5.74) is 0.115. The first-order chi connectivity index (χ1) is 9.40. The van der Waals surface area contributed by atoms with Crippen molar-refractivity contribution in [1.82, 2.24) is 0 Å². The number of carboxylic acid groups (broad SMARTS) is 1. The molecule has 0 fully saturated rings. The Kier molecular flexibility index (Phi) is 9.21. The fourth-order valence-corrected chi connectivity index (χ4v) is 2.50. The van der Waals surface area contributed by atoms with Crippen LogP contribution in [-0.4, -0.2) is 33.9 Å². The predicted molar refractivity (Wildman–Crippen MR) is 84.0 cm³/mol. The highest BCUT2D eigenvalue weighted by Gasteiger charge is 2.39. The van der Waals surface area contributed by atoms with Crippen LogP contribution in [0, 0.1) is 0 Å². The van der Waals surface area contributed by atoms with E-state index in [0.717, 1.165) is 38.5 Å². The molecule has 0 aromatic heterocycles. The molecule has 116 valence electrons. The maximum atomic E-state index is 11.9. The van der Waals surface area contributed by atoms with Gasteiger partial charge < -0.3 is 9.84 Å². The molecule has 0 aliphatic rings. The zero-order valence-electron chi connectivity index (χ0n) is 13.0. The van der Waals surface area contributed by atoms with Gasteiger partial charge >= 0.3 is 11.9 Å². The number of ether oxygens (including phenoxy) is 1. The largest absolute Gasteiger partial charge is 0.481 e. The van der Waals surface area contributed by atoms with Gasteiger partial charge in [0, 0.05) is 15.8 Å². The van der Waals surface area contributed by atoms with E-state index in [0.29, 0.717) is 23.3 Å². The summed E-state index contributed by atoms with van der Waals surface area (Å²) >= 11 is 0. The van der Waals surface area contributed by atoms with Crippen LogP contribution in [0.15, 0.2) is 12.2 Å². The molecule has 4 nitrogen and oxygen atoms in total. The van der Waals surface area contributed by atoms with Crippen molar-refractivity contribution in [2.24, 2.45) is 0 Å². The van der Waals surface area contributed by atoms with E-state index in [1.807, 2.05) is 0 Å². The van der Waals surface area contributed by atoms with E-state index in [1.165, 1.54) is 0 Å². The standard InChI is InChI=1S/C15H28O4Si/c1-4-6-8-10-15(20,14(17)18)12(3)13(16)19-11-9-7-5-2/h3-11H2,1-2,20H3,(H,17,18). The topological polar surface area (TPSA) is 63.6 Å². The lowest BCUT2D eigenvalue weighted by atomic mass is 9.92. The van der Waals surface area contributed by atoms with Gasteiger partial charge in [-0.1, -0.05) is 52.5 Å². The highest BCUT2D eigenvalue weighted by Crippen LogP contribution is 2.37. The summed E-state index contributed by atoms with van der Waals surface area (Å²) in [5, 5.41) is 8.34. The number of hydrogen-bond donors (Lipinski definition) is 1. The van der Waals surface area contributed by atoms with E-state index in [4.69, 9.17) is 4.74 Å². The summed E-state index contributed by atoms with van der Waals surface area (Å²) in [6, 6.07) is 0. The minimum Gasteiger partial charge on any atom is -0.481 e. The molecule has 1 N–H and O–H groups in total. The van der Waals surface area contributed by atoms with Gasteiger partial charge in [0.05, 0.1) is 11.6 Å². The zero-order chi connectivity index (χ0) is 15.6. The van der Waals surface area contributed by atoms with Crippen LogP contribution in [0.25, 0.3) is 0 Å². The molecule has 0 saturated heterocycles. The first kappa shape index (κ1) is 18.9. The van der Waals surface area contributed by atoms with Crippen molar-refractivity contribution in [2.75, 3.05) is 6.61 Å². The molecule has 0 rings (SSSR count). The van der Waals surface area contributed by atoms with Crippen LogP contribution in [0.2, 0.25) is 5.04 Å². The number of esters is 1. The summed E-state index contributed by atoms with van der Waals surface area (Å²) in [6.45, 7) is 8.18. The molecule has 0 aliphatic heterocycles. The number of aliphatic carboxylic acids is 1. The van der Waals surface area contributed by atoms with Crippen LogP contribution in [0.5, 0.6) is 0 Å². The molecule has 0 heterocycles. The van der Waals surface area contributed by atoms with Crippen molar-refractivity contribution in [3.63, 3.8) is 0 Å². The predicted octanol–water partition coefficient (Wildman–Crippen LogP) is 2.46. The third kappa shape index (κ3) is 5.90. The maximum Gasteiger partial charge on any atom is 0.334 e. The number of carboxylic acids is 1. The van der Waals surface area contributed by atoms with Crippen molar-refractivity contribution in [2.45, 2.75) is 63.8 Å². The fraction of sp³-hybridized carbons (Fsp3) is 0.733.